The van der Waals surface area contributed by atoms with Crippen LogP contribution in [0.4, 0.5) is 0 Å². The van der Waals surface area contributed by atoms with Crippen LogP contribution in [0.15, 0.2) is 30.3 Å². The SMILES string of the molecule is CC(CCOS(C)(=O)=O)CCC(=O)OCc1ccccc1. The van der Waals surface area contributed by atoms with E-state index in [9.17, 15) is 13.2 Å². The quantitative estimate of drug-likeness (QED) is 0.517. The molecule has 0 spiro atoms. The molecule has 0 saturated carbocycles. The van der Waals surface area contributed by atoms with Gasteiger partial charge in [0.05, 0.1) is 12.9 Å². The molecule has 1 unspecified atom stereocenters. The predicted molar refractivity (Wildman–Crippen MR) is 80.0 cm³/mol. The van der Waals surface area contributed by atoms with Gasteiger partial charge in [-0.05, 0) is 24.3 Å². The predicted octanol–water partition coefficient (Wildman–Crippen LogP) is 2.51. The third-order valence-corrected chi connectivity index (χ3v) is 3.59. The molecule has 0 aromatic heterocycles. The average Bonchev–Trinajstić information content (AvgIpc) is 2.42. The summed E-state index contributed by atoms with van der Waals surface area (Å²) in [6.07, 6.45) is 2.60. The van der Waals surface area contributed by atoms with Crippen molar-refractivity contribution in [3.63, 3.8) is 0 Å². The molecule has 0 saturated heterocycles. The van der Waals surface area contributed by atoms with Crippen molar-refractivity contribution in [3.05, 3.63) is 35.9 Å². The van der Waals surface area contributed by atoms with Crippen LogP contribution in [0.5, 0.6) is 0 Å². The van der Waals surface area contributed by atoms with E-state index in [4.69, 9.17) is 4.74 Å². The van der Waals surface area contributed by atoms with E-state index in [1.165, 1.54) is 0 Å². The fourth-order valence-corrected chi connectivity index (χ4v) is 2.12. The molecule has 21 heavy (non-hydrogen) atoms. The maximum absolute atomic E-state index is 11.6. The summed E-state index contributed by atoms with van der Waals surface area (Å²) in [5.41, 5.74) is 0.959. The summed E-state index contributed by atoms with van der Waals surface area (Å²) in [4.78, 5) is 11.6. The van der Waals surface area contributed by atoms with E-state index in [1.807, 2.05) is 37.3 Å². The maximum Gasteiger partial charge on any atom is 0.306 e. The Kier molecular flexibility index (Phi) is 7.39. The monoisotopic (exact) mass is 314 g/mol. The van der Waals surface area contributed by atoms with Gasteiger partial charge < -0.3 is 4.74 Å². The van der Waals surface area contributed by atoms with E-state index in [2.05, 4.69) is 4.18 Å². The third kappa shape index (κ3) is 9.20. The summed E-state index contributed by atoms with van der Waals surface area (Å²) in [5.74, 6) is -0.0363. The van der Waals surface area contributed by atoms with E-state index in [1.54, 1.807) is 0 Å². The Morgan fingerprint density at radius 1 is 1.19 bits per heavy atom. The topological polar surface area (TPSA) is 69.7 Å². The van der Waals surface area contributed by atoms with Gasteiger partial charge >= 0.3 is 5.97 Å². The highest BCUT2D eigenvalue weighted by molar-refractivity contribution is 7.85. The lowest BCUT2D eigenvalue weighted by Crippen LogP contribution is -2.10. The Morgan fingerprint density at radius 2 is 1.86 bits per heavy atom. The van der Waals surface area contributed by atoms with E-state index >= 15 is 0 Å². The van der Waals surface area contributed by atoms with E-state index in [0.29, 0.717) is 19.3 Å². The van der Waals surface area contributed by atoms with Crippen molar-refractivity contribution in [1.29, 1.82) is 0 Å². The molecule has 5 nitrogen and oxygen atoms in total. The molecule has 6 heteroatoms. The van der Waals surface area contributed by atoms with Crippen molar-refractivity contribution in [2.45, 2.75) is 32.8 Å². The first-order chi connectivity index (χ1) is 9.87. The maximum atomic E-state index is 11.6. The number of carbonyl (C=O) groups excluding carboxylic acids is 1. The summed E-state index contributed by atoms with van der Waals surface area (Å²) in [6, 6.07) is 9.50. The highest BCUT2D eigenvalue weighted by Gasteiger charge is 2.10. The van der Waals surface area contributed by atoms with Crippen molar-refractivity contribution in [3.8, 4) is 0 Å². The van der Waals surface area contributed by atoms with E-state index in [-0.39, 0.29) is 25.1 Å². The van der Waals surface area contributed by atoms with Gasteiger partial charge in [0.15, 0.2) is 0 Å². The van der Waals surface area contributed by atoms with E-state index in [0.717, 1.165) is 11.8 Å². The number of rotatable bonds is 9. The second-order valence-electron chi connectivity index (χ2n) is 5.10. The highest BCUT2D eigenvalue weighted by atomic mass is 32.2. The smallest absolute Gasteiger partial charge is 0.306 e. The zero-order valence-electron chi connectivity index (χ0n) is 12.4. The Labute approximate surface area is 126 Å². The van der Waals surface area contributed by atoms with Crippen LogP contribution in [-0.2, 0) is 30.4 Å². The van der Waals surface area contributed by atoms with Crippen LogP contribution < -0.4 is 0 Å². The molecule has 0 fully saturated rings. The lowest BCUT2D eigenvalue weighted by atomic mass is 10.0. The Bertz CT molecular complexity index is 524. The summed E-state index contributed by atoms with van der Waals surface area (Å²) in [5, 5.41) is 0. The minimum Gasteiger partial charge on any atom is -0.461 e. The number of ether oxygens (including phenoxy) is 1. The number of hydrogen-bond donors (Lipinski definition) is 0. The molecular formula is C15H22O5S. The Morgan fingerprint density at radius 3 is 2.48 bits per heavy atom. The Hall–Kier alpha value is -1.40. The number of hydrogen-bond acceptors (Lipinski definition) is 5. The normalized spacial score (nSPS) is 12.9. The lowest BCUT2D eigenvalue weighted by molar-refractivity contribution is -0.145. The minimum atomic E-state index is -3.38. The molecule has 1 atom stereocenters. The average molecular weight is 314 g/mol. The van der Waals surface area contributed by atoms with Crippen LogP contribution in [0.3, 0.4) is 0 Å². The van der Waals surface area contributed by atoms with Gasteiger partial charge in [-0.15, -0.1) is 0 Å². The van der Waals surface area contributed by atoms with Gasteiger partial charge in [-0.1, -0.05) is 37.3 Å². The first-order valence-corrected chi connectivity index (χ1v) is 8.72. The second-order valence-corrected chi connectivity index (χ2v) is 6.75. The van der Waals surface area contributed by atoms with Crippen LogP contribution in [-0.4, -0.2) is 27.2 Å². The fraction of sp³-hybridized carbons (Fsp3) is 0.533. The van der Waals surface area contributed by atoms with Crippen LogP contribution in [0.1, 0.15) is 31.7 Å². The van der Waals surface area contributed by atoms with Gasteiger partial charge in [-0.25, -0.2) is 0 Å². The van der Waals surface area contributed by atoms with Crippen LogP contribution in [0.25, 0.3) is 0 Å². The van der Waals surface area contributed by atoms with Crippen molar-refractivity contribution < 1.29 is 22.1 Å². The van der Waals surface area contributed by atoms with Gasteiger partial charge in [-0.3, -0.25) is 8.98 Å². The van der Waals surface area contributed by atoms with Gasteiger partial charge in [0.2, 0.25) is 0 Å². The molecule has 0 aliphatic carbocycles. The molecule has 1 aromatic rings. The molecule has 0 radical (unpaired) electrons. The van der Waals surface area contributed by atoms with Gasteiger partial charge in [0.25, 0.3) is 10.1 Å². The highest BCUT2D eigenvalue weighted by Crippen LogP contribution is 2.12. The zero-order chi connectivity index (χ0) is 15.7. The molecule has 0 heterocycles. The summed E-state index contributed by atoms with van der Waals surface area (Å²) < 4.78 is 31.4. The molecule has 0 N–H and O–H groups in total. The fourth-order valence-electron chi connectivity index (χ4n) is 1.72. The van der Waals surface area contributed by atoms with Gasteiger partial charge in [0, 0.05) is 6.42 Å². The summed E-state index contributed by atoms with van der Waals surface area (Å²) >= 11 is 0. The molecule has 118 valence electrons. The van der Waals surface area contributed by atoms with Gasteiger partial charge in [0.1, 0.15) is 6.61 Å². The molecule has 1 aromatic carbocycles. The van der Waals surface area contributed by atoms with Crippen molar-refractivity contribution in [1.82, 2.24) is 0 Å². The standard InChI is InChI=1S/C15H22O5S/c1-13(10-11-20-21(2,17)18)8-9-15(16)19-12-14-6-4-3-5-7-14/h3-7,13H,8-12H2,1-2H3. The largest absolute Gasteiger partial charge is 0.461 e. The molecule has 0 aliphatic rings. The van der Waals surface area contributed by atoms with Crippen molar-refractivity contribution in [2.24, 2.45) is 5.92 Å². The number of benzene rings is 1. The summed E-state index contributed by atoms with van der Waals surface area (Å²) in [6.45, 7) is 2.39. The molecule has 1 rings (SSSR count). The minimum absolute atomic E-state index is 0.152. The van der Waals surface area contributed by atoms with Crippen LogP contribution in [0.2, 0.25) is 0 Å². The van der Waals surface area contributed by atoms with Gasteiger partial charge in [-0.2, -0.15) is 8.42 Å². The number of esters is 1. The molecular weight excluding hydrogens is 292 g/mol. The lowest BCUT2D eigenvalue weighted by Gasteiger charge is -2.10. The van der Waals surface area contributed by atoms with Crippen LogP contribution in [0, 0.1) is 5.92 Å². The second kappa shape index (κ2) is 8.79. The van der Waals surface area contributed by atoms with Crippen LogP contribution >= 0.6 is 0 Å². The molecule has 0 amide bonds. The first-order valence-electron chi connectivity index (χ1n) is 6.91. The van der Waals surface area contributed by atoms with Crippen molar-refractivity contribution >= 4 is 16.1 Å². The number of carbonyl (C=O) groups is 1. The zero-order valence-corrected chi connectivity index (χ0v) is 13.3. The first kappa shape index (κ1) is 17.7. The van der Waals surface area contributed by atoms with E-state index < -0.39 is 10.1 Å². The summed E-state index contributed by atoms with van der Waals surface area (Å²) in [7, 11) is -3.38. The molecule has 0 bridgehead atoms. The van der Waals surface area contributed by atoms with Crippen molar-refractivity contribution in [2.75, 3.05) is 12.9 Å². The third-order valence-electron chi connectivity index (χ3n) is 2.99. The Balaban J connectivity index is 2.14. The molecule has 0 aliphatic heterocycles.